The molecule has 0 aromatic carbocycles. The Morgan fingerprint density at radius 3 is 1.14 bits per heavy atom. The molecule has 0 atom stereocenters. The Morgan fingerprint density at radius 1 is 0.636 bits per heavy atom. The molecule has 0 aromatic heterocycles. The van der Waals surface area contributed by atoms with Gasteiger partial charge in [-0.1, -0.05) is 19.8 Å². The van der Waals surface area contributed by atoms with E-state index in [9.17, 15) is 0 Å². The zero-order chi connectivity index (χ0) is 17.0. The summed E-state index contributed by atoms with van der Waals surface area (Å²) < 4.78 is 25.0. The van der Waals surface area contributed by atoms with E-state index in [1.54, 1.807) is 0 Å². The quantitative estimate of drug-likeness (QED) is 0.738. The average Bonchev–Trinajstić information content (AvgIpc) is 2.65. The molecule has 0 saturated carbocycles. The lowest BCUT2D eigenvalue weighted by Crippen LogP contribution is -2.41. The molecule has 2 heterocycles. The lowest BCUT2D eigenvalue weighted by Gasteiger charge is -2.32. The maximum Gasteiger partial charge on any atom is 0.458 e. The molecule has 0 unspecified atom stereocenters. The summed E-state index contributed by atoms with van der Waals surface area (Å²) in [5.74, 6) is 0. The van der Waals surface area contributed by atoms with Crippen molar-refractivity contribution >= 4 is 14.2 Å². The van der Waals surface area contributed by atoms with E-state index in [2.05, 4.69) is 62.3 Å². The van der Waals surface area contributed by atoms with Crippen molar-refractivity contribution in [1.29, 1.82) is 0 Å². The Balaban J connectivity index is 2.19. The molecule has 2 aliphatic rings. The molecular weight excluding hydrogens is 278 g/mol. The highest BCUT2D eigenvalue weighted by Gasteiger charge is 2.61. The highest BCUT2D eigenvalue weighted by Crippen LogP contribution is 2.46. The Morgan fingerprint density at radius 2 is 0.909 bits per heavy atom. The highest BCUT2D eigenvalue weighted by molar-refractivity contribution is 6.68. The van der Waals surface area contributed by atoms with Gasteiger partial charge in [0.15, 0.2) is 0 Å². The molecule has 0 aliphatic carbocycles. The molecule has 0 radical (unpaired) electrons. The van der Waals surface area contributed by atoms with Crippen molar-refractivity contribution in [3.05, 3.63) is 0 Å². The summed E-state index contributed by atoms with van der Waals surface area (Å²) in [4.78, 5) is 0. The molecule has 4 nitrogen and oxygen atoms in total. The van der Waals surface area contributed by atoms with Crippen LogP contribution in [0.25, 0.3) is 0 Å². The van der Waals surface area contributed by atoms with Crippen molar-refractivity contribution in [2.24, 2.45) is 0 Å². The van der Waals surface area contributed by atoms with E-state index in [0.717, 1.165) is 12.8 Å². The summed E-state index contributed by atoms with van der Waals surface area (Å²) in [7, 11) is -0.584. The van der Waals surface area contributed by atoms with E-state index >= 15 is 0 Å². The van der Waals surface area contributed by atoms with Crippen LogP contribution in [0.15, 0.2) is 0 Å². The van der Waals surface area contributed by atoms with Crippen LogP contribution in [0.4, 0.5) is 0 Å². The van der Waals surface area contributed by atoms with Gasteiger partial charge >= 0.3 is 14.2 Å². The molecule has 0 aromatic rings. The van der Waals surface area contributed by atoms with Crippen LogP contribution in [0.2, 0.25) is 5.72 Å². The monoisotopic (exact) mass is 310 g/mol. The summed E-state index contributed by atoms with van der Waals surface area (Å²) in [6, 6.07) is 0. The second kappa shape index (κ2) is 5.51. The lowest BCUT2D eigenvalue weighted by molar-refractivity contribution is 0.00578. The Kier molecular flexibility index (Phi) is 4.58. The predicted octanol–water partition coefficient (Wildman–Crippen LogP) is 3.88. The van der Waals surface area contributed by atoms with E-state index < -0.39 is 0 Å². The first kappa shape index (κ1) is 18.3. The SMILES string of the molecule is CCCC(B1OC(C)(C)C(C)(C)O1)B1OC(C)(C)C(C)(C)O1. The van der Waals surface area contributed by atoms with Gasteiger partial charge in [-0.05, 0) is 55.4 Å². The third kappa shape index (κ3) is 3.00. The van der Waals surface area contributed by atoms with E-state index in [0.29, 0.717) is 0 Å². The van der Waals surface area contributed by atoms with Gasteiger partial charge in [-0.15, -0.1) is 0 Å². The molecule has 0 amide bonds. The lowest BCUT2D eigenvalue weighted by atomic mass is 9.50. The van der Waals surface area contributed by atoms with Crippen LogP contribution in [-0.2, 0) is 18.6 Å². The molecule has 2 rings (SSSR count). The predicted molar refractivity (Wildman–Crippen MR) is 90.8 cm³/mol. The van der Waals surface area contributed by atoms with Crippen LogP contribution in [-0.4, -0.2) is 36.6 Å². The highest BCUT2D eigenvalue weighted by atomic mass is 16.7. The van der Waals surface area contributed by atoms with Crippen LogP contribution < -0.4 is 0 Å². The zero-order valence-electron chi connectivity index (χ0n) is 15.8. The van der Waals surface area contributed by atoms with Crippen LogP contribution in [0.1, 0.15) is 75.2 Å². The van der Waals surface area contributed by atoms with E-state index in [4.69, 9.17) is 18.6 Å². The van der Waals surface area contributed by atoms with Gasteiger partial charge in [0, 0.05) is 5.72 Å². The second-order valence-corrected chi connectivity index (χ2v) is 8.70. The van der Waals surface area contributed by atoms with Gasteiger partial charge in [-0.25, -0.2) is 0 Å². The molecule has 0 bridgehead atoms. The zero-order valence-corrected chi connectivity index (χ0v) is 15.8. The fourth-order valence-electron chi connectivity index (χ4n) is 2.86. The smallest absolute Gasteiger partial charge is 0.403 e. The van der Waals surface area contributed by atoms with Crippen molar-refractivity contribution < 1.29 is 18.6 Å². The summed E-state index contributed by atoms with van der Waals surface area (Å²) in [6.45, 7) is 18.8. The first-order chi connectivity index (χ1) is 9.83. The number of rotatable bonds is 4. The standard InChI is InChI=1S/C16H32B2O4/c1-10-11-12(17-19-13(2,3)14(4,5)20-17)18-21-15(6,7)16(8,9)22-18/h12H,10-11H2,1-9H3. The molecule has 2 saturated heterocycles. The number of hydrogen-bond donors (Lipinski definition) is 0. The third-order valence-electron chi connectivity index (χ3n) is 5.86. The number of hydrogen-bond acceptors (Lipinski definition) is 4. The van der Waals surface area contributed by atoms with E-state index in [1.165, 1.54) is 0 Å². The topological polar surface area (TPSA) is 36.9 Å². The fourth-order valence-corrected chi connectivity index (χ4v) is 2.86. The van der Waals surface area contributed by atoms with Gasteiger partial charge in [0.1, 0.15) is 0 Å². The summed E-state index contributed by atoms with van der Waals surface area (Å²) in [5.41, 5.74) is -1.23. The normalized spacial score (nSPS) is 28.6. The van der Waals surface area contributed by atoms with Crippen LogP contribution >= 0.6 is 0 Å². The first-order valence-corrected chi connectivity index (χ1v) is 8.54. The maximum atomic E-state index is 6.25. The first-order valence-electron chi connectivity index (χ1n) is 8.54. The molecule has 2 aliphatic heterocycles. The van der Waals surface area contributed by atoms with Crippen LogP contribution in [0, 0.1) is 0 Å². The molecule has 2 fully saturated rings. The van der Waals surface area contributed by atoms with Gasteiger partial charge in [-0.2, -0.15) is 0 Å². The fraction of sp³-hybridized carbons (Fsp3) is 1.00. The van der Waals surface area contributed by atoms with Gasteiger partial charge in [0.2, 0.25) is 0 Å². The molecule has 0 spiro atoms. The molecule has 126 valence electrons. The minimum Gasteiger partial charge on any atom is -0.403 e. The Labute approximate surface area is 136 Å². The third-order valence-corrected chi connectivity index (χ3v) is 5.86. The van der Waals surface area contributed by atoms with Crippen molar-refractivity contribution in [1.82, 2.24) is 0 Å². The van der Waals surface area contributed by atoms with Crippen LogP contribution in [0.3, 0.4) is 0 Å². The molecule has 6 heteroatoms. The van der Waals surface area contributed by atoms with Gasteiger partial charge < -0.3 is 18.6 Å². The molecule has 22 heavy (non-hydrogen) atoms. The van der Waals surface area contributed by atoms with E-state index in [-0.39, 0.29) is 42.4 Å². The second-order valence-electron chi connectivity index (χ2n) is 8.70. The van der Waals surface area contributed by atoms with Gasteiger partial charge in [-0.3, -0.25) is 0 Å². The summed E-state index contributed by atoms with van der Waals surface area (Å²) in [5, 5.41) is 0. The van der Waals surface area contributed by atoms with Crippen molar-refractivity contribution in [2.45, 2.75) is 103 Å². The van der Waals surface area contributed by atoms with Crippen molar-refractivity contribution in [2.75, 3.05) is 0 Å². The van der Waals surface area contributed by atoms with Crippen LogP contribution in [0.5, 0.6) is 0 Å². The van der Waals surface area contributed by atoms with Gasteiger partial charge in [0.05, 0.1) is 22.4 Å². The minimum absolute atomic E-state index is 0.0760. The largest absolute Gasteiger partial charge is 0.458 e. The van der Waals surface area contributed by atoms with Crippen molar-refractivity contribution in [3.8, 4) is 0 Å². The van der Waals surface area contributed by atoms with Crippen molar-refractivity contribution in [3.63, 3.8) is 0 Å². The van der Waals surface area contributed by atoms with E-state index in [1.807, 2.05) is 0 Å². The molecular formula is C16H32B2O4. The molecule has 0 N–H and O–H groups in total. The Bertz CT molecular complexity index is 352. The Hall–Kier alpha value is -0.0301. The maximum absolute atomic E-state index is 6.25. The van der Waals surface area contributed by atoms with Gasteiger partial charge in [0.25, 0.3) is 0 Å². The average molecular weight is 310 g/mol. The summed E-state index contributed by atoms with van der Waals surface area (Å²) in [6.07, 6.45) is 1.99. The minimum atomic E-state index is -0.326. The summed E-state index contributed by atoms with van der Waals surface area (Å²) >= 11 is 0.